The first kappa shape index (κ1) is 22.5. The third-order valence-electron chi connectivity index (χ3n) is 5.64. The molecule has 6 nitrogen and oxygen atoms in total. The number of hydrogen-bond donors (Lipinski definition) is 1. The van der Waals surface area contributed by atoms with Crippen LogP contribution in [-0.4, -0.2) is 51.8 Å². The van der Waals surface area contributed by atoms with E-state index in [0.29, 0.717) is 12.8 Å². The van der Waals surface area contributed by atoms with Gasteiger partial charge in [-0.1, -0.05) is 60.7 Å². The first-order valence-corrected chi connectivity index (χ1v) is 10.8. The summed E-state index contributed by atoms with van der Waals surface area (Å²) in [6.45, 7) is 7.46. The molecule has 6 heteroatoms. The van der Waals surface area contributed by atoms with Crippen LogP contribution in [0.25, 0.3) is 0 Å². The summed E-state index contributed by atoms with van der Waals surface area (Å²) in [6.07, 6.45) is 0.714. The predicted octanol–water partition coefficient (Wildman–Crippen LogP) is 3.41. The molecule has 0 saturated carbocycles. The molecule has 0 bridgehead atoms. The molecule has 0 unspecified atom stereocenters. The van der Waals surface area contributed by atoms with E-state index in [9.17, 15) is 14.4 Å². The van der Waals surface area contributed by atoms with E-state index in [1.54, 1.807) is 4.90 Å². The lowest BCUT2D eigenvalue weighted by atomic mass is 9.84. The van der Waals surface area contributed by atoms with E-state index in [1.165, 1.54) is 0 Å². The number of nitrogens with zero attached hydrogens (tertiary/aromatic N) is 2. The summed E-state index contributed by atoms with van der Waals surface area (Å²) in [7, 11) is 0. The number of hydrogen-bond acceptors (Lipinski definition) is 3. The SMILES string of the molecule is CC(C)N(C(=O)CN1C(=O)NC(Cc2ccccc2)(Cc2ccccc2)C1=O)C(C)C. The molecule has 2 aromatic rings. The normalized spacial score (nSPS) is 15.5. The topological polar surface area (TPSA) is 69.7 Å². The highest BCUT2D eigenvalue weighted by atomic mass is 16.2. The summed E-state index contributed by atoms with van der Waals surface area (Å²) in [5.74, 6) is -0.588. The Morgan fingerprint density at radius 1 is 0.871 bits per heavy atom. The second kappa shape index (κ2) is 9.33. The van der Waals surface area contributed by atoms with E-state index in [2.05, 4.69) is 5.32 Å². The van der Waals surface area contributed by atoms with Crippen molar-refractivity contribution in [1.82, 2.24) is 15.1 Å². The maximum atomic E-state index is 13.6. The molecule has 1 heterocycles. The quantitative estimate of drug-likeness (QED) is 0.664. The zero-order valence-electron chi connectivity index (χ0n) is 18.7. The number of nitrogens with one attached hydrogen (secondary N) is 1. The summed E-state index contributed by atoms with van der Waals surface area (Å²) >= 11 is 0. The number of carbonyl (C=O) groups is 3. The molecule has 1 aliphatic heterocycles. The van der Waals surface area contributed by atoms with E-state index in [0.717, 1.165) is 16.0 Å². The lowest BCUT2D eigenvalue weighted by Crippen LogP contribution is -2.52. The third-order valence-corrected chi connectivity index (χ3v) is 5.64. The number of carbonyl (C=O) groups excluding carboxylic acids is 3. The van der Waals surface area contributed by atoms with Gasteiger partial charge in [0.15, 0.2) is 0 Å². The summed E-state index contributed by atoms with van der Waals surface area (Å²) in [6, 6.07) is 18.7. The number of rotatable bonds is 8. The Balaban J connectivity index is 1.90. The van der Waals surface area contributed by atoms with Crippen molar-refractivity contribution in [3.8, 4) is 0 Å². The van der Waals surface area contributed by atoms with Crippen LogP contribution < -0.4 is 5.32 Å². The molecule has 164 valence electrons. The molecule has 0 radical (unpaired) electrons. The van der Waals surface area contributed by atoms with Crippen LogP contribution in [0.15, 0.2) is 60.7 Å². The van der Waals surface area contributed by atoms with Crippen molar-refractivity contribution in [2.24, 2.45) is 0 Å². The molecule has 31 heavy (non-hydrogen) atoms. The first-order chi connectivity index (χ1) is 14.7. The minimum atomic E-state index is -1.12. The largest absolute Gasteiger partial charge is 0.336 e. The smallest absolute Gasteiger partial charge is 0.325 e. The van der Waals surface area contributed by atoms with Gasteiger partial charge in [-0.05, 0) is 38.8 Å². The number of imide groups is 1. The molecule has 4 amide bonds. The summed E-state index contributed by atoms with van der Waals surface area (Å²) in [5, 5.41) is 2.93. The van der Waals surface area contributed by atoms with Crippen LogP contribution in [0, 0.1) is 0 Å². The highest BCUT2D eigenvalue weighted by Gasteiger charge is 2.51. The van der Waals surface area contributed by atoms with Crippen molar-refractivity contribution in [3.63, 3.8) is 0 Å². The minimum absolute atomic E-state index is 0.0216. The van der Waals surface area contributed by atoms with Gasteiger partial charge in [-0.15, -0.1) is 0 Å². The van der Waals surface area contributed by atoms with Crippen LogP contribution in [0.3, 0.4) is 0 Å². The monoisotopic (exact) mass is 421 g/mol. The number of urea groups is 1. The van der Waals surface area contributed by atoms with Gasteiger partial charge < -0.3 is 10.2 Å². The molecular formula is C25H31N3O3. The number of amides is 4. The van der Waals surface area contributed by atoms with E-state index in [-0.39, 0.29) is 30.4 Å². The average Bonchev–Trinajstić information content (AvgIpc) is 2.93. The summed E-state index contributed by atoms with van der Waals surface area (Å²) in [4.78, 5) is 42.2. The van der Waals surface area contributed by atoms with Gasteiger partial charge in [-0.25, -0.2) is 4.79 Å². The Bertz CT molecular complexity index is 876. The zero-order valence-corrected chi connectivity index (χ0v) is 18.7. The van der Waals surface area contributed by atoms with Gasteiger partial charge in [0.2, 0.25) is 5.91 Å². The highest BCUT2D eigenvalue weighted by Crippen LogP contribution is 2.27. The standard InChI is InChI=1S/C25H31N3O3/c1-18(2)28(19(3)4)22(29)17-27-23(30)25(26-24(27)31,15-20-11-7-5-8-12-20)16-21-13-9-6-10-14-21/h5-14,18-19H,15-17H2,1-4H3,(H,26,31). The predicted molar refractivity (Wildman–Crippen MR) is 120 cm³/mol. The molecular weight excluding hydrogens is 390 g/mol. The van der Waals surface area contributed by atoms with Crippen molar-refractivity contribution < 1.29 is 14.4 Å². The van der Waals surface area contributed by atoms with Crippen molar-refractivity contribution >= 4 is 17.8 Å². The van der Waals surface area contributed by atoms with Gasteiger partial charge in [0.05, 0.1) is 0 Å². The van der Waals surface area contributed by atoms with Crippen LogP contribution in [-0.2, 0) is 22.4 Å². The Kier molecular flexibility index (Phi) is 6.78. The van der Waals surface area contributed by atoms with Crippen LogP contribution >= 0.6 is 0 Å². The fourth-order valence-electron chi connectivity index (χ4n) is 4.40. The van der Waals surface area contributed by atoms with Crippen LogP contribution in [0.4, 0.5) is 4.79 Å². The van der Waals surface area contributed by atoms with Gasteiger partial charge in [0.1, 0.15) is 12.1 Å². The highest BCUT2D eigenvalue weighted by molar-refractivity contribution is 6.09. The second-order valence-electron chi connectivity index (χ2n) is 8.72. The van der Waals surface area contributed by atoms with Gasteiger partial charge in [0.25, 0.3) is 5.91 Å². The average molecular weight is 422 g/mol. The Labute approximate surface area is 184 Å². The van der Waals surface area contributed by atoms with Crippen molar-refractivity contribution in [2.45, 2.75) is 58.2 Å². The van der Waals surface area contributed by atoms with E-state index < -0.39 is 11.6 Å². The molecule has 3 rings (SSSR count). The summed E-state index contributed by atoms with van der Waals surface area (Å²) < 4.78 is 0. The first-order valence-electron chi connectivity index (χ1n) is 10.8. The molecule has 0 aliphatic carbocycles. The summed E-state index contributed by atoms with van der Waals surface area (Å²) in [5.41, 5.74) is 0.776. The molecule has 1 aliphatic rings. The van der Waals surface area contributed by atoms with Crippen LogP contribution in [0.1, 0.15) is 38.8 Å². The second-order valence-corrected chi connectivity index (χ2v) is 8.72. The fourth-order valence-corrected chi connectivity index (χ4v) is 4.40. The molecule has 1 fully saturated rings. The van der Waals surface area contributed by atoms with E-state index in [1.807, 2.05) is 88.4 Å². The van der Waals surface area contributed by atoms with E-state index >= 15 is 0 Å². The van der Waals surface area contributed by atoms with Gasteiger partial charge in [0, 0.05) is 24.9 Å². The lowest BCUT2D eigenvalue weighted by Gasteiger charge is -2.32. The number of benzene rings is 2. The minimum Gasteiger partial charge on any atom is -0.336 e. The van der Waals surface area contributed by atoms with Crippen LogP contribution in [0.5, 0.6) is 0 Å². The Morgan fingerprint density at radius 2 is 1.32 bits per heavy atom. The van der Waals surface area contributed by atoms with Gasteiger partial charge in [-0.2, -0.15) is 0 Å². The van der Waals surface area contributed by atoms with Crippen LogP contribution in [0.2, 0.25) is 0 Å². The molecule has 0 aromatic heterocycles. The lowest BCUT2D eigenvalue weighted by molar-refractivity contribution is -0.141. The van der Waals surface area contributed by atoms with Crippen molar-refractivity contribution in [1.29, 1.82) is 0 Å². The Hall–Kier alpha value is -3.15. The van der Waals surface area contributed by atoms with E-state index in [4.69, 9.17) is 0 Å². The van der Waals surface area contributed by atoms with Crippen molar-refractivity contribution in [3.05, 3.63) is 71.8 Å². The molecule has 1 saturated heterocycles. The molecule has 0 atom stereocenters. The van der Waals surface area contributed by atoms with Gasteiger partial charge >= 0.3 is 6.03 Å². The molecule has 2 aromatic carbocycles. The maximum absolute atomic E-state index is 13.6. The molecule has 0 spiro atoms. The Morgan fingerprint density at radius 3 is 1.74 bits per heavy atom. The molecule has 1 N–H and O–H groups in total. The van der Waals surface area contributed by atoms with Gasteiger partial charge in [-0.3, -0.25) is 14.5 Å². The van der Waals surface area contributed by atoms with Crippen molar-refractivity contribution in [2.75, 3.05) is 6.54 Å². The zero-order chi connectivity index (χ0) is 22.6. The third kappa shape index (κ3) is 4.95. The fraction of sp³-hybridized carbons (Fsp3) is 0.400. The maximum Gasteiger partial charge on any atom is 0.325 e.